The van der Waals surface area contributed by atoms with E-state index in [1.54, 1.807) is 51.5 Å². The average Bonchev–Trinajstić information content (AvgIpc) is 3.62. The Hall–Kier alpha value is -8.10. The summed E-state index contributed by atoms with van der Waals surface area (Å²) in [6, 6.07) is 17.4. The Kier molecular flexibility index (Phi) is 18.8. The molecule has 0 saturated carbocycles. The van der Waals surface area contributed by atoms with Gasteiger partial charge in [0, 0.05) is 57.0 Å². The van der Waals surface area contributed by atoms with Crippen LogP contribution >= 0.6 is 12.2 Å². The van der Waals surface area contributed by atoms with E-state index in [0.29, 0.717) is 28.5 Å². The van der Waals surface area contributed by atoms with Crippen molar-refractivity contribution in [2.45, 2.75) is 0 Å². The van der Waals surface area contributed by atoms with Gasteiger partial charge in [-0.3, -0.25) is 34.6 Å². The number of nitro groups is 2. The first kappa shape index (κ1) is 46.9. The highest BCUT2D eigenvalue weighted by Crippen LogP contribution is 2.23. The minimum absolute atomic E-state index is 0.0441. The molecule has 300 valence electrons. The molecule has 0 fully saturated rings. The number of carbonyl (C=O) groups excluding carboxylic acids is 3. The number of fused-ring (bicyclic) bond motifs is 1. The van der Waals surface area contributed by atoms with E-state index in [1.807, 2.05) is 6.07 Å². The second kappa shape index (κ2) is 22.9. The number of H-pyrrole nitrogens is 1. The Morgan fingerprint density at radius 3 is 1.47 bits per heavy atom. The molecule has 0 aliphatic heterocycles. The lowest BCUT2D eigenvalue weighted by atomic mass is 10.1. The van der Waals surface area contributed by atoms with E-state index >= 15 is 0 Å². The number of hydrogen-bond acceptors (Lipinski definition) is 15. The van der Waals surface area contributed by atoms with E-state index in [-0.39, 0.29) is 51.6 Å². The molecule has 21 nitrogen and oxygen atoms in total. The maximum absolute atomic E-state index is 11.4. The summed E-state index contributed by atoms with van der Waals surface area (Å²) in [7, 11) is 6.41. The number of carboxylic acid groups (broad SMARTS) is 1. The Balaban J connectivity index is 0.000000372. The molecule has 1 heterocycles. The average molecular weight is 805 g/mol. The molecule has 0 saturated heterocycles. The molecular weight excluding hydrogens is 765 g/mol. The number of benzene rings is 4. The molecule has 0 unspecified atom stereocenters. The zero-order valence-corrected chi connectivity index (χ0v) is 31.7. The molecule has 57 heavy (non-hydrogen) atoms. The topological polar surface area (TPSA) is 356 Å². The summed E-state index contributed by atoms with van der Waals surface area (Å²) in [6.07, 6.45) is 0. The number of carbonyl (C=O) groups is 4. The predicted octanol–water partition coefficient (Wildman–Crippen LogP) is 3.36. The van der Waals surface area contributed by atoms with E-state index in [4.69, 9.17) is 28.0 Å². The van der Waals surface area contributed by atoms with Crippen molar-refractivity contribution in [1.29, 1.82) is 0 Å². The smallest absolute Gasteiger partial charge is 0.335 e. The van der Waals surface area contributed by atoms with Gasteiger partial charge in [0.15, 0.2) is 0 Å². The van der Waals surface area contributed by atoms with E-state index < -0.39 is 15.8 Å². The highest BCUT2D eigenvalue weighted by molar-refractivity contribution is 7.78. The van der Waals surface area contributed by atoms with Gasteiger partial charge in [0.1, 0.15) is 11.4 Å². The van der Waals surface area contributed by atoms with Gasteiger partial charge in [-0.1, -0.05) is 5.02 Å². The molecule has 4 aromatic carbocycles. The van der Waals surface area contributed by atoms with Crippen LogP contribution < -0.4 is 44.2 Å². The van der Waals surface area contributed by atoms with Crippen molar-refractivity contribution < 1.29 is 34.1 Å². The number of nitrogen functional groups attached to an aromatic ring is 4. The van der Waals surface area contributed by atoms with Gasteiger partial charge in [0.2, 0.25) is 5.95 Å². The lowest BCUT2D eigenvalue weighted by Crippen LogP contribution is -2.17. The van der Waals surface area contributed by atoms with Gasteiger partial charge in [0.25, 0.3) is 29.1 Å². The van der Waals surface area contributed by atoms with Crippen LogP contribution in [0.25, 0.3) is 11.0 Å². The number of aromatic nitrogens is 2. The predicted molar refractivity (Wildman–Crippen MR) is 221 cm³/mol. The first-order chi connectivity index (χ1) is 26.9. The number of aromatic carboxylic acids is 1. The van der Waals surface area contributed by atoms with Crippen molar-refractivity contribution in [1.82, 2.24) is 25.9 Å². The minimum atomic E-state index is -1.22. The number of anilines is 5. The van der Waals surface area contributed by atoms with Crippen LogP contribution in [0.15, 0.2) is 79.4 Å². The van der Waals surface area contributed by atoms with Crippen molar-refractivity contribution in [3.63, 3.8) is 0 Å². The molecule has 5 rings (SSSR count). The zero-order valence-electron chi connectivity index (χ0n) is 30.9. The standard InChI is InChI=1S/C10H12N4O.C8H9N3O3.C8H11N3O.C7H6N2O4.C2H2S/c1-11-9(15)6-3-4-7-8(5-6)14-10(12-2)13-7;1-10-8(12)5-2-3-6(9)7(4-5)11(13)14;1-11-8(12)5-2-3-6(9)7(10)4-5;8-5-2-1-4(7(10)11)3-6(5)9(12)13;1-2-3/h3-5H,1-2H3,(H,11,15)(H2,12,13,14);2-4H,9H2,1H3,(H,10,12);2-4H,9-10H2,1H3,(H,11,12);1-3H,8H2,(H,10,11);1H2. The second-order valence-corrected chi connectivity index (χ2v) is 10.9. The van der Waals surface area contributed by atoms with Crippen LogP contribution in [-0.2, 0) is 0 Å². The van der Waals surface area contributed by atoms with Gasteiger partial charge in [-0.15, -0.1) is 0 Å². The molecule has 0 aliphatic rings. The number of nitrogens with zero attached hydrogens (tertiary/aromatic N) is 3. The van der Waals surface area contributed by atoms with Crippen molar-refractivity contribution in [3.05, 3.63) is 122 Å². The van der Waals surface area contributed by atoms with E-state index in [9.17, 15) is 39.4 Å². The number of rotatable bonds is 7. The summed E-state index contributed by atoms with van der Waals surface area (Å²) >= 11 is 4.03. The first-order valence-electron chi connectivity index (χ1n) is 15.8. The van der Waals surface area contributed by atoms with Gasteiger partial charge in [-0.05, 0) is 79.5 Å². The molecule has 1 aromatic heterocycles. The van der Waals surface area contributed by atoms with Crippen molar-refractivity contribution in [2.24, 2.45) is 0 Å². The molecule has 22 heteroatoms. The number of thiocarbonyl (C=S) groups is 1. The Morgan fingerprint density at radius 2 is 1.07 bits per heavy atom. The zero-order chi connectivity index (χ0) is 43.4. The molecular formula is C35H40N12O9S. The fourth-order valence-electron chi connectivity index (χ4n) is 4.10. The van der Waals surface area contributed by atoms with E-state index in [1.165, 1.54) is 31.3 Å². The fourth-order valence-corrected chi connectivity index (χ4v) is 4.10. The molecule has 3 amide bonds. The number of amides is 3. The lowest BCUT2D eigenvalue weighted by molar-refractivity contribution is -0.384. The van der Waals surface area contributed by atoms with Gasteiger partial charge in [-0.25, -0.2) is 9.78 Å². The summed E-state index contributed by atoms with van der Waals surface area (Å²) in [5, 5.41) is 41.8. The molecule has 14 N–H and O–H groups in total. The van der Waals surface area contributed by atoms with Gasteiger partial charge >= 0.3 is 5.97 Å². The molecule has 0 spiro atoms. The highest BCUT2D eigenvalue weighted by atomic mass is 32.1. The summed E-state index contributed by atoms with van der Waals surface area (Å²) in [5.74, 6) is -1.17. The summed E-state index contributed by atoms with van der Waals surface area (Å²) in [6.45, 7) is 3.05. The fraction of sp³-hybridized carbons (Fsp3) is 0.114. The van der Waals surface area contributed by atoms with E-state index in [0.717, 1.165) is 23.2 Å². The molecule has 5 aromatic rings. The lowest BCUT2D eigenvalue weighted by Gasteiger charge is -2.02. The monoisotopic (exact) mass is 804 g/mol. The largest absolute Gasteiger partial charge is 0.478 e. The Bertz CT molecular complexity index is 2290. The normalized spacial score (nSPS) is 9.33. The SMILES string of the molecule is C=C=S.CNC(=O)c1ccc(N)c(N)c1.CNC(=O)c1ccc(N)c([N+](=O)[O-])c1.CNC(=O)c1ccc2nc(NC)[nH]c2c1.Nc1ccc(C(=O)O)cc1[N+](=O)[O-]. The van der Waals surface area contributed by atoms with Crippen LogP contribution in [0, 0.1) is 20.2 Å². The van der Waals surface area contributed by atoms with Crippen LogP contribution in [0.1, 0.15) is 41.4 Å². The van der Waals surface area contributed by atoms with Crippen molar-refractivity contribution in [3.8, 4) is 0 Å². The second-order valence-electron chi connectivity index (χ2n) is 10.7. The number of carboxylic acids is 1. The first-order valence-corrected chi connectivity index (χ1v) is 16.2. The van der Waals surface area contributed by atoms with Gasteiger partial charge < -0.3 is 54.3 Å². The van der Waals surface area contributed by atoms with Crippen LogP contribution in [0.4, 0.5) is 40.1 Å². The molecule has 0 bridgehead atoms. The maximum atomic E-state index is 11.4. The number of nitrogens with two attached hydrogens (primary N) is 4. The number of nitrogens with one attached hydrogen (secondary N) is 5. The van der Waals surface area contributed by atoms with E-state index in [2.05, 4.69) is 55.1 Å². The summed E-state index contributed by atoms with van der Waals surface area (Å²) in [5.41, 5.74) is 24.8. The number of aromatic amines is 1. The number of imidazole rings is 1. The molecule has 0 aliphatic carbocycles. The van der Waals surface area contributed by atoms with Crippen LogP contribution in [0.3, 0.4) is 0 Å². The van der Waals surface area contributed by atoms with Crippen LogP contribution in [0.5, 0.6) is 0 Å². The van der Waals surface area contributed by atoms with Crippen molar-refractivity contribution >= 4 is 92.0 Å². The van der Waals surface area contributed by atoms with Gasteiger partial charge in [-0.2, -0.15) is 0 Å². The number of nitro benzene ring substituents is 2. The third-order valence-corrected chi connectivity index (χ3v) is 6.97. The minimum Gasteiger partial charge on any atom is -0.478 e. The van der Waals surface area contributed by atoms with Crippen molar-refractivity contribution in [2.75, 3.05) is 56.4 Å². The van der Waals surface area contributed by atoms with Crippen LogP contribution in [0.2, 0.25) is 0 Å². The summed E-state index contributed by atoms with van der Waals surface area (Å²) < 4.78 is 0. The quantitative estimate of drug-likeness (QED) is 0.0488. The highest BCUT2D eigenvalue weighted by Gasteiger charge is 2.15. The third kappa shape index (κ3) is 14.3. The Labute approximate surface area is 329 Å². The summed E-state index contributed by atoms with van der Waals surface area (Å²) in [4.78, 5) is 70.8. The third-order valence-electron chi connectivity index (χ3n) is 6.97. The molecule has 0 atom stereocenters. The maximum Gasteiger partial charge on any atom is 0.335 e. The number of hydrogen-bond donors (Lipinski definition) is 10. The van der Waals surface area contributed by atoms with Crippen LogP contribution in [-0.4, -0.2) is 81.8 Å². The Morgan fingerprint density at radius 1 is 0.684 bits per heavy atom. The molecule has 0 radical (unpaired) electrons. The van der Waals surface area contributed by atoms with Gasteiger partial charge in [0.05, 0.1) is 37.8 Å².